The molecule has 0 aliphatic carbocycles. The van der Waals surface area contributed by atoms with Crippen molar-refractivity contribution in [2.45, 2.75) is 13.0 Å². The van der Waals surface area contributed by atoms with Crippen LogP contribution in [-0.2, 0) is 9.53 Å². The molecule has 0 saturated carbocycles. The van der Waals surface area contributed by atoms with Crippen molar-refractivity contribution in [1.82, 2.24) is 9.97 Å². The number of hydrogen-bond donors (Lipinski definition) is 2. The van der Waals surface area contributed by atoms with Crippen molar-refractivity contribution < 1.29 is 9.53 Å². The number of nitrogens with two attached hydrogens (primary N) is 1. The Bertz CT molecular complexity index is 366. The summed E-state index contributed by atoms with van der Waals surface area (Å²) in [7, 11) is 1.48. The number of amides is 1. The molecule has 0 aromatic carbocycles. The largest absolute Gasteiger partial charge is 0.382 e. The van der Waals surface area contributed by atoms with Crippen molar-refractivity contribution >= 4 is 23.3 Å². The quantitative estimate of drug-likeness (QED) is 0.730. The Morgan fingerprint density at radius 3 is 2.88 bits per heavy atom. The first-order chi connectivity index (χ1) is 7.52. The Morgan fingerprint density at radius 2 is 2.38 bits per heavy atom. The van der Waals surface area contributed by atoms with Crippen LogP contribution in [0.3, 0.4) is 0 Å². The lowest BCUT2D eigenvalue weighted by Gasteiger charge is -2.15. The van der Waals surface area contributed by atoms with E-state index in [9.17, 15) is 4.79 Å². The van der Waals surface area contributed by atoms with Gasteiger partial charge in [0, 0.05) is 13.2 Å². The number of anilines is 1. The summed E-state index contributed by atoms with van der Waals surface area (Å²) in [5.74, 6) is 0.434. The average Bonchev–Trinajstić information content (AvgIpc) is 2.15. The molecule has 1 aromatic heterocycles. The smallest absolute Gasteiger partial charge is 0.242 e. The number of hydrogen-bond acceptors (Lipinski definition) is 5. The molecule has 88 valence electrons. The third kappa shape index (κ3) is 3.63. The molecule has 6 nitrogen and oxygen atoms in total. The van der Waals surface area contributed by atoms with E-state index < -0.39 is 11.9 Å². The molecule has 1 amide bonds. The topological polar surface area (TPSA) is 90.1 Å². The normalized spacial score (nSPS) is 12.2. The predicted octanol–water partition coefficient (Wildman–Crippen LogP) is 0.351. The van der Waals surface area contributed by atoms with Gasteiger partial charge in [-0.1, -0.05) is 11.6 Å². The summed E-state index contributed by atoms with van der Waals surface area (Å²) >= 11 is 5.75. The van der Waals surface area contributed by atoms with Gasteiger partial charge in [-0.15, -0.1) is 0 Å². The van der Waals surface area contributed by atoms with Crippen LogP contribution in [0.25, 0.3) is 0 Å². The summed E-state index contributed by atoms with van der Waals surface area (Å²) in [6.45, 7) is 1.86. The molecule has 1 rings (SSSR count). The monoisotopic (exact) mass is 244 g/mol. The van der Waals surface area contributed by atoms with E-state index in [4.69, 9.17) is 22.1 Å². The number of rotatable bonds is 5. The maximum Gasteiger partial charge on any atom is 0.242 e. The van der Waals surface area contributed by atoms with Crippen molar-refractivity contribution in [3.63, 3.8) is 0 Å². The number of primary amides is 1. The first kappa shape index (κ1) is 12.7. The number of nitrogens with zero attached hydrogens (tertiary/aromatic N) is 2. The van der Waals surface area contributed by atoms with Crippen LogP contribution < -0.4 is 11.1 Å². The van der Waals surface area contributed by atoms with E-state index in [1.54, 1.807) is 6.92 Å². The molecule has 0 spiro atoms. The Labute approximate surface area is 98.2 Å². The highest BCUT2D eigenvalue weighted by Crippen LogP contribution is 2.12. The second-order valence-electron chi connectivity index (χ2n) is 3.18. The van der Waals surface area contributed by atoms with E-state index in [1.165, 1.54) is 13.2 Å². The van der Waals surface area contributed by atoms with Crippen LogP contribution in [0, 0.1) is 6.92 Å². The number of carbonyl (C=O) groups excluding carboxylic acids is 1. The zero-order valence-corrected chi connectivity index (χ0v) is 9.78. The van der Waals surface area contributed by atoms with Gasteiger partial charge in [0.1, 0.15) is 22.8 Å². The van der Waals surface area contributed by atoms with Crippen molar-refractivity contribution in [1.29, 1.82) is 0 Å². The maximum atomic E-state index is 11.1. The third-order valence-corrected chi connectivity index (χ3v) is 2.00. The van der Waals surface area contributed by atoms with E-state index in [1.807, 2.05) is 0 Å². The highest BCUT2D eigenvalue weighted by Gasteiger charge is 2.15. The molecule has 0 saturated heterocycles. The Morgan fingerprint density at radius 1 is 1.69 bits per heavy atom. The van der Waals surface area contributed by atoms with Gasteiger partial charge in [-0.3, -0.25) is 4.79 Å². The molecule has 1 heterocycles. The van der Waals surface area contributed by atoms with E-state index in [0.29, 0.717) is 16.8 Å². The van der Waals surface area contributed by atoms with Crippen molar-refractivity contribution in [2.24, 2.45) is 5.73 Å². The molecular weight excluding hydrogens is 232 g/mol. The molecule has 0 aliphatic rings. The minimum Gasteiger partial charge on any atom is -0.382 e. The minimum absolute atomic E-state index is 0.163. The zero-order chi connectivity index (χ0) is 12.1. The molecule has 1 aromatic rings. The van der Waals surface area contributed by atoms with E-state index in [-0.39, 0.29) is 6.61 Å². The molecule has 0 aliphatic heterocycles. The van der Waals surface area contributed by atoms with Crippen LogP contribution in [0.2, 0.25) is 5.15 Å². The first-order valence-electron chi connectivity index (χ1n) is 4.59. The Kier molecular flexibility index (Phi) is 4.45. The van der Waals surface area contributed by atoms with Gasteiger partial charge >= 0.3 is 0 Å². The highest BCUT2D eigenvalue weighted by atomic mass is 35.5. The molecular formula is C9H13ClN4O2. The predicted molar refractivity (Wildman–Crippen MR) is 60.3 cm³/mol. The number of ether oxygens (including phenoxy) is 1. The minimum atomic E-state index is -0.643. The molecule has 3 N–H and O–H groups in total. The molecule has 7 heteroatoms. The van der Waals surface area contributed by atoms with Gasteiger partial charge in [0.05, 0.1) is 6.61 Å². The number of nitrogens with one attached hydrogen (secondary N) is 1. The summed E-state index contributed by atoms with van der Waals surface area (Å²) in [5, 5.41) is 3.13. The number of aryl methyl sites for hydroxylation is 1. The van der Waals surface area contributed by atoms with Gasteiger partial charge in [0.25, 0.3) is 0 Å². The second-order valence-corrected chi connectivity index (χ2v) is 3.57. The van der Waals surface area contributed by atoms with Gasteiger partial charge in [-0.25, -0.2) is 9.97 Å². The molecule has 0 bridgehead atoms. The fourth-order valence-electron chi connectivity index (χ4n) is 1.15. The summed E-state index contributed by atoms with van der Waals surface area (Å²) in [5.41, 5.74) is 5.19. The van der Waals surface area contributed by atoms with Crippen LogP contribution >= 0.6 is 11.6 Å². The molecule has 0 unspecified atom stereocenters. The average molecular weight is 245 g/mol. The fourth-order valence-corrected chi connectivity index (χ4v) is 1.37. The molecule has 1 atom stereocenters. The summed E-state index contributed by atoms with van der Waals surface area (Å²) in [6, 6.07) is 0.871. The van der Waals surface area contributed by atoms with Crippen molar-refractivity contribution in [2.75, 3.05) is 19.0 Å². The SMILES string of the molecule is COC[C@@H](Nc1cc(Cl)nc(C)n1)C(N)=O. The Balaban J connectivity index is 2.80. The number of halogens is 1. The summed E-state index contributed by atoms with van der Waals surface area (Å²) in [6.07, 6.45) is 0. The van der Waals surface area contributed by atoms with Crippen LogP contribution in [-0.4, -0.2) is 35.6 Å². The standard InChI is InChI=1S/C9H13ClN4O2/c1-5-12-7(10)3-8(13-5)14-6(4-16-2)9(11)15/h3,6H,4H2,1-2H3,(H2,11,15)(H,12,13,14)/t6-/m1/s1. The molecule has 16 heavy (non-hydrogen) atoms. The van der Waals surface area contributed by atoms with Gasteiger partial charge in [0.15, 0.2) is 0 Å². The fraction of sp³-hybridized carbons (Fsp3) is 0.444. The first-order valence-corrected chi connectivity index (χ1v) is 4.96. The van der Waals surface area contributed by atoms with Gasteiger partial charge in [-0.2, -0.15) is 0 Å². The van der Waals surface area contributed by atoms with E-state index >= 15 is 0 Å². The molecule has 0 fully saturated rings. The van der Waals surface area contributed by atoms with E-state index in [0.717, 1.165) is 0 Å². The maximum absolute atomic E-state index is 11.1. The van der Waals surface area contributed by atoms with Gasteiger partial charge in [0.2, 0.25) is 5.91 Å². The van der Waals surface area contributed by atoms with Gasteiger partial charge in [-0.05, 0) is 6.92 Å². The van der Waals surface area contributed by atoms with Crippen LogP contribution in [0.1, 0.15) is 5.82 Å². The zero-order valence-electron chi connectivity index (χ0n) is 9.03. The molecule has 0 radical (unpaired) electrons. The van der Waals surface area contributed by atoms with Crippen molar-refractivity contribution in [3.05, 3.63) is 17.0 Å². The van der Waals surface area contributed by atoms with E-state index in [2.05, 4.69) is 15.3 Å². The highest BCUT2D eigenvalue weighted by molar-refractivity contribution is 6.29. The number of methoxy groups -OCH3 is 1. The summed E-state index contributed by atoms with van der Waals surface area (Å²) < 4.78 is 4.86. The van der Waals surface area contributed by atoms with Crippen LogP contribution in [0.5, 0.6) is 0 Å². The lowest BCUT2D eigenvalue weighted by atomic mass is 10.3. The lowest BCUT2D eigenvalue weighted by Crippen LogP contribution is -2.39. The summed E-state index contributed by atoms with van der Waals surface area (Å²) in [4.78, 5) is 19.0. The van der Waals surface area contributed by atoms with Gasteiger partial charge < -0.3 is 15.8 Å². The number of aromatic nitrogens is 2. The lowest BCUT2D eigenvalue weighted by molar-refractivity contribution is -0.119. The van der Waals surface area contributed by atoms with Crippen molar-refractivity contribution in [3.8, 4) is 0 Å². The number of carbonyl (C=O) groups is 1. The third-order valence-electron chi connectivity index (χ3n) is 1.81. The van der Waals surface area contributed by atoms with Crippen LogP contribution in [0.15, 0.2) is 6.07 Å². The Hall–Kier alpha value is -1.40. The second kappa shape index (κ2) is 5.62. The van der Waals surface area contributed by atoms with Crippen LogP contribution in [0.4, 0.5) is 5.82 Å².